The number of carbonyl (C=O) groups is 3. The fourth-order valence-electron chi connectivity index (χ4n) is 3.56. The molecule has 150 valence electrons. The van der Waals surface area contributed by atoms with E-state index in [2.05, 4.69) is 17.9 Å². The number of allylic oxidation sites excluding steroid dienone is 1. The summed E-state index contributed by atoms with van der Waals surface area (Å²) >= 11 is 5.30. The highest BCUT2D eigenvalue weighted by Gasteiger charge is 2.57. The Kier molecular flexibility index (Phi) is 6.52. The van der Waals surface area contributed by atoms with E-state index in [9.17, 15) is 19.5 Å². The zero-order chi connectivity index (χ0) is 20.4. The summed E-state index contributed by atoms with van der Waals surface area (Å²) in [5, 5.41) is 12.3. The molecule has 1 aromatic carbocycles. The molecule has 2 aliphatic rings. The van der Waals surface area contributed by atoms with Crippen LogP contribution in [-0.4, -0.2) is 38.4 Å². The summed E-state index contributed by atoms with van der Waals surface area (Å²) in [5.41, 5.74) is 1.27. The molecule has 0 aliphatic carbocycles. The minimum absolute atomic E-state index is 0.115. The predicted octanol–water partition coefficient (Wildman–Crippen LogP) is 2.61. The van der Waals surface area contributed by atoms with Crippen molar-refractivity contribution in [3.63, 3.8) is 0 Å². The van der Waals surface area contributed by atoms with Crippen LogP contribution in [0, 0.1) is 5.92 Å². The lowest BCUT2D eigenvalue weighted by Crippen LogP contribution is -2.61. The number of carbonyl (C=O) groups excluding carboxylic acids is 3. The molecule has 28 heavy (non-hydrogen) atoms. The minimum Gasteiger partial charge on any atom is -0.392 e. The molecule has 0 bridgehead atoms. The predicted molar refractivity (Wildman–Crippen MR) is 111 cm³/mol. The highest BCUT2D eigenvalue weighted by Crippen LogP contribution is 2.52. The second-order valence-electron chi connectivity index (χ2n) is 6.99. The van der Waals surface area contributed by atoms with Crippen LogP contribution in [0.4, 0.5) is 0 Å². The van der Waals surface area contributed by atoms with Crippen molar-refractivity contribution < 1.29 is 19.5 Å². The van der Waals surface area contributed by atoms with Gasteiger partial charge in [-0.3, -0.25) is 19.3 Å². The first kappa shape index (κ1) is 21.0. The topological polar surface area (TPSA) is 86.7 Å². The lowest BCUT2D eigenvalue weighted by molar-refractivity contribution is -0.154. The summed E-state index contributed by atoms with van der Waals surface area (Å²) in [4.78, 5) is 38.8. The van der Waals surface area contributed by atoms with Crippen molar-refractivity contribution in [3.8, 4) is 0 Å². The van der Waals surface area contributed by atoms with Gasteiger partial charge in [0.15, 0.2) is 0 Å². The summed E-state index contributed by atoms with van der Waals surface area (Å²) in [6, 6.07) is 9.55. The van der Waals surface area contributed by atoms with Crippen LogP contribution in [0.15, 0.2) is 40.9 Å². The van der Waals surface area contributed by atoms with Gasteiger partial charge in [-0.15, -0.1) is 11.8 Å². The van der Waals surface area contributed by atoms with Gasteiger partial charge in [-0.05, 0) is 25.3 Å². The largest absolute Gasteiger partial charge is 0.392 e. The van der Waals surface area contributed by atoms with Crippen LogP contribution in [0.1, 0.15) is 44.7 Å². The Bertz CT molecular complexity index is 812. The average molecular weight is 421 g/mol. The maximum absolute atomic E-state index is 12.4. The number of hydrogen-bond donors (Lipinski definition) is 3. The number of aliphatic hydroxyl groups excluding tert-OH is 1. The van der Waals surface area contributed by atoms with Crippen molar-refractivity contribution in [2.24, 2.45) is 5.92 Å². The molecule has 0 aromatic heterocycles. The van der Waals surface area contributed by atoms with Gasteiger partial charge in [-0.2, -0.15) is 0 Å². The number of rotatable bonds is 8. The van der Waals surface area contributed by atoms with Crippen molar-refractivity contribution in [1.82, 2.24) is 10.2 Å². The molecule has 2 N–H and O–H groups in total. The van der Waals surface area contributed by atoms with Crippen LogP contribution in [0.3, 0.4) is 0 Å². The second kappa shape index (κ2) is 8.71. The van der Waals surface area contributed by atoms with Gasteiger partial charge in [0.2, 0.25) is 16.9 Å². The van der Waals surface area contributed by atoms with Crippen molar-refractivity contribution in [1.29, 1.82) is 0 Å². The van der Waals surface area contributed by atoms with Crippen LogP contribution in [-0.2, 0) is 14.4 Å². The van der Waals surface area contributed by atoms with Gasteiger partial charge in [0.05, 0.1) is 18.1 Å². The Morgan fingerprint density at radius 3 is 2.61 bits per heavy atom. The van der Waals surface area contributed by atoms with Crippen molar-refractivity contribution in [2.75, 3.05) is 0 Å². The number of nitrogens with one attached hydrogen (secondary N) is 1. The summed E-state index contributed by atoms with van der Waals surface area (Å²) in [5.74, 6) is -0.885. The molecule has 0 radical (unpaired) electrons. The molecule has 0 unspecified atom stereocenters. The number of β-lactam (4-membered cyclic amide) rings is 1. The number of hydrogen-bond acceptors (Lipinski definition) is 5. The summed E-state index contributed by atoms with van der Waals surface area (Å²) < 4.78 is 0. The van der Waals surface area contributed by atoms with Gasteiger partial charge < -0.3 is 10.4 Å². The third kappa shape index (κ3) is 3.99. The standard InChI is InChI=1S/C20H24N2O4S2/c1-3-13(23)16-18(25)22-17(20(26)27)14(28-19(16)22)9-10-15(24)21-11(2)12-7-5-4-6-8-12/h4-8,11,13,16,19,23H,3,9-10H2,1-2H3,(H,21,24)(H,26,27)/t11-,13-,16+,19+/m0/s1. The van der Waals surface area contributed by atoms with Crippen LogP contribution < -0.4 is 5.32 Å². The number of amides is 2. The van der Waals surface area contributed by atoms with Gasteiger partial charge in [-0.25, -0.2) is 0 Å². The Balaban J connectivity index is 1.63. The minimum atomic E-state index is -0.730. The van der Waals surface area contributed by atoms with E-state index in [1.54, 1.807) is 0 Å². The van der Waals surface area contributed by atoms with Crippen LogP contribution in [0.25, 0.3) is 0 Å². The van der Waals surface area contributed by atoms with Gasteiger partial charge >= 0.3 is 0 Å². The van der Waals surface area contributed by atoms with E-state index in [1.807, 2.05) is 44.2 Å². The molecule has 6 nitrogen and oxygen atoms in total. The maximum Gasteiger partial charge on any atom is 0.236 e. The molecule has 2 heterocycles. The number of aliphatic hydroxyl groups is 1. The number of thioether (sulfide) groups is 1. The summed E-state index contributed by atoms with van der Waals surface area (Å²) in [6.45, 7) is 3.73. The maximum atomic E-state index is 12.4. The molecule has 0 spiro atoms. The SMILES string of the molecule is CC[C@H](O)[C@@H]1C(=O)N2C(C(=O)S)=C(CCC(=O)N[C@@H](C)c3ccccc3)S[C@H]12. The lowest BCUT2D eigenvalue weighted by atomic mass is 9.90. The molecule has 2 aliphatic heterocycles. The van der Waals surface area contributed by atoms with Crippen molar-refractivity contribution >= 4 is 41.3 Å². The molecule has 2 amide bonds. The second-order valence-corrected chi connectivity index (χ2v) is 8.61. The number of thiol groups is 1. The summed E-state index contributed by atoms with van der Waals surface area (Å²) in [7, 11) is 0. The monoisotopic (exact) mass is 420 g/mol. The molecule has 3 rings (SSSR count). The quantitative estimate of drug-likeness (QED) is 0.445. The smallest absolute Gasteiger partial charge is 0.236 e. The Labute approximate surface area is 174 Å². The van der Waals surface area contributed by atoms with E-state index in [1.165, 1.54) is 16.7 Å². The first-order valence-electron chi connectivity index (χ1n) is 9.33. The van der Waals surface area contributed by atoms with E-state index in [-0.39, 0.29) is 35.3 Å². The number of nitrogens with zero attached hydrogens (tertiary/aromatic N) is 1. The van der Waals surface area contributed by atoms with Gasteiger partial charge in [0, 0.05) is 11.3 Å². The van der Waals surface area contributed by atoms with E-state index >= 15 is 0 Å². The van der Waals surface area contributed by atoms with Crippen molar-refractivity contribution in [2.45, 2.75) is 50.6 Å². The first-order valence-corrected chi connectivity index (χ1v) is 10.7. The van der Waals surface area contributed by atoms with Gasteiger partial charge in [-0.1, -0.05) is 49.9 Å². The van der Waals surface area contributed by atoms with Crippen molar-refractivity contribution in [3.05, 3.63) is 46.5 Å². The summed E-state index contributed by atoms with van der Waals surface area (Å²) in [6.07, 6.45) is 0.307. The van der Waals surface area contributed by atoms with E-state index in [4.69, 9.17) is 0 Å². The molecule has 1 aromatic rings. The molecule has 4 atom stereocenters. The number of fused-ring (bicyclic) bond motifs is 1. The molecule has 8 heteroatoms. The normalized spacial score (nSPS) is 23.1. The van der Waals surface area contributed by atoms with E-state index in [0.29, 0.717) is 17.7 Å². The zero-order valence-corrected chi connectivity index (χ0v) is 17.5. The third-order valence-corrected chi connectivity index (χ3v) is 6.78. The highest BCUT2D eigenvalue weighted by atomic mass is 32.2. The fourth-order valence-corrected chi connectivity index (χ4v) is 5.45. The van der Waals surface area contributed by atoms with E-state index in [0.717, 1.165) is 5.56 Å². The first-order chi connectivity index (χ1) is 13.3. The molecule has 1 saturated heterocycles. The molecular weight excluding hydrogens is 396 g/mol. The molecule has 0 saturated carbocycles. The van der Waals surface area contributed by atoms with Crippen LogP contribution in [0.2, 0.25) is 0 Å². The van der Waals surface area contributed by atoms with Crippen LogP contribution >= 0.6 is 24.4 Å². The number of benzene rings is 1. The van der Waals surface area contributed by atoms with Gasteiger partial charge in [0.1, 0.15) is 11.1 Å². The Morgan fingerprint density at radius 1 is 1.32 bits per heavy atom. The lowest BCUT2D eigenvalue weighted by Gasteiger charge is -2.44. The zero-order valence-electron chi connectivity index (χ0n) is 15.8. The fraction of sp³-hybridized carbons (Fsp3) is 0.450. The third-order valence-electron chi connectivity index (χ3n) is 5.14. The van der Waals surface area contributed by atoms with Crippen LogP contribution in [0.5, 0.6) is 0 Å². The Hall–Kier alpha value is -1.77. The molecule has 1 fully saturated rings. The average Bonchev–Trinajstić information content (AvgIpc) is 3.01. The molecular formula is C20H24N2O4S2. The van der Waals surface area contributed by atoms with E-state index < -0.39 is 17.1 Å². The van der Waals surface area contributed by atoms with Gasteiger partial charge in [0.25, 0.3) is 0 Å². The Morgan fingerprint density at radius 2 is 2.00 bits per heavy atom. The highest BCUT2D eigenvalue weighted by molar-refractivity contribution is 8.04.